The molecule has 0 saturated heterocycles. The molecule has 4 aliphatic carbocycles. The van der Waals surface area contributed by atoms with E-state index in [4.69, 9.17) is 0 Å². The maximum atomic E-state index is 16.9. The van der Waals surface area contributed by atoms with E-state index in [0.29, 0.717) is 18.4 Å². The molecule has 0 aromatic rings. The molecule has 3 saturated carbocycles. The maximum absolute atomic E-state index is 16.9. The molecular formula is C22H29FO5. The largest absolute Gasteiger partial charge is 0.390 e. The van der Waals surface area contributed by atoms with Crippen LogP contribution in [0.5, 0.6) is 0 Å². The molecule has 4 rings (SSSR count). The van der Waals surface area contributed by atoms with Crippen molar-refractivity contribution in [2.45, 2.75) is 63.8 Å². The van der Waals surface area contributed by atoms with Gasteiger partial charge < -0.3 is 15.3 Å². The van der Waals surface area contributed by atoms with Crippen LogP contribution >= 0.6 is 0 Å². The molecule has 28 heavy (non-hydrogen) atoms. The molecule has 0 spiro atoms. The van der Waals surface area contributed by atoms with Gasteiger partial charge in [-0.2, -0.15) is 0 Å². The van der Waals surface area contributed by atoms with Gasteiger partial charge in [-0.15, -0.1) is 0 Å². The third-order valence-corrected chi connectivity index (χ3v) is 8.73. The second kappa shape index (κ2) is 5.83. The fourth-order valence-corrected chi connectivity index (χ4v) is 7.19. The number of allylic oxidation sites excluding steroid dienone is 4. The minimum absolute atomic E-state index is 0.0513. The van der Waals surface area contributed by atoms with Crippen molar-refractivity contribution in [2.24, 2.45) is 28.6 Å². The summed E-state index contributed by atoms with van der Waals surface area (Å²) in [5.41, 5.74) is -5.14. The number of carbonyl (C=O) groups excluding carboxylic acids is 2. The number of aliphatic hydroxyl groups is 3. The summed E-state index contributed by atoms with van der Waals surface area (Å²) in [5.74, 6) is -1.73. The lowest BCUT2D eigenvalue weighted by Gasteiger charge is -2.63. The van der Waals surface area contributed by atoms with E-state index in [0.717, 1.165) is 0 Å². The number of hydrogen-bond donors (Lipinski definition) is 3. The topological polar surface area (TPSA) is 94.8 Å². The second-order valence-electron chi connectivity index (χ2n) is 9.77. The average molecular weight is 392 g/mol. The van der Waals surface area contributed by atoms with Crippen molar-refractivity contribution in [2.75, 3.05) is 6.61 Å². The molecule has 4 aliphatic rings. The lowest BCUT2D eigenvalue weighted by atomic mass is 9.43. The van der Waals surface area contributed by atoms with Crippen LogP contribution in [0, 0.1) is 28.6 Å². The Labute approximate surface area is 164 Å². The molecule has 0 aliphatic heterocycles. The summed E-state index contributed by atoms with van der Waals surface area (Å²) < 4.78 is 16.9. The zero-order valence-corrected chi connectivity index (χ0v) is 16.6. The molecule has 0 aromatic carbocycles. The Balaban J connectivity index is 1.84. The summed E-state index contributed by atoms with van der Waals surface area (Å²) in [6.45, 7) is 4.69. The molecule has 0 aromatic heterocycles. The Kier molecular flexibility index (Phi) is 4.15. The molecule has 0 radical (unpaired) electrons. The minimum Gasteiger partial charge on any atom is -0.390 e. The first kappa shape index (κ1) is 19.9. The van der Waals surface area contributed by atoms with Crippen LogP contribution in [0.1, 0.15) is 46.5 Å². The van der Waals surface area contributed by atoms with Gasteiger partial charge in [0.15, 0.2) is 17.2 Å². The van der Waals surface area contributed by atoms with Crippen LogP contribution in [0.3, 0.4) is 0 Å². The van der Waals surface area contributed by atoms with Gasteiger partial charge in [0, 0.05) is 16.7 Å². The molecule has 0 bridgehead atoms. The Morgan fingerprint density at radius 3 is 2.64 bits per heavy atom. The molecule has 6 heteroatoms. The molecule has 5 nitrogen and oxygen atoms in total. The number of hydrogen-bond acceptors (Lipinski definition) is 5. The first-order chi connectivity index (χ1) is 13.0. The molecule has 3 fully saturated rings. The summed E-state index contributed by atoms with van der Waals surface area (Å²) >= 11 is 0. The summed E-state index contributed by atoms with van der Waals surface area (Å²) in [6.07, 6.45) is 4.09. The van der Waals surface area contributed by atoms with E-state index >= 15 is 4.39 Å². The first-order valence-corrected chi connectivity index (χ1v) is 10.1. The lowest BCUT2D eigenvalue weighted by molar-refractivity contribution is -0.221. The van der Waals surface area contributed by atoms with Crippen molar-refractivity contribution in [3.63, 3.8) is 0 Å². The SMILES string of the molecule is C[C@H]1CC2C3CC[C@](O)(C(=O)CO)[C@@]3(C)C[C@H](O)C2(F)[C@@]2(C)C=CC(=O)C=C12. The van der Waals surface area contributed by atoms with Gasteiger partial charge in [-0.1, -0.05) is 25.5 Å². The van der Waals surface area contributed by atoms with Gasteiger partial charge in [-0.25, -0.2) is 4.39 Å². The van der Waals surface area contributed by atoms with E-state index < -0.39 is 46.5 Å². The number of ketones is 2. The van der Waals surface area contributed by atoms with Gasteiger partial charge in [0.2, 0.25) is 0 Å². The zero-order chi connectivity index (χ0) is 20.7. The van der Waals surface area contributed by atoms with Crippen molar-refractivity contribution >= 4 is 11.6 Å². The predicted molar refractivity (Wildman–Crippen MR) is 99.9 cm³/mol. The van der Waals surface area contributed by atoms with E-state index in [1.165, 1.54) is 12.2 Å². The molecule has 0 amide bonds. The minimum atomic E-state index is -1.99. The molecule has 3 N–H and O–H groups in total. The van der Waals surface area contributed by atoms with Crippen molar-refractivity contribution in [3.8, 4) is 0 Å². The maximum Gasteiger partial charge on any atom is 0.190 e. The van der Waals surface area contributed by atoms with Crippen molar-refractivity contribution in [1.82, 2.24) is 0 Å². The van der Waals surface area contributed by atoms with Crippen molar-refractivity contribution in [3.05, 3.63) is 23.8 Å². The normalized spacial score (nSPS) is 52.5. The van der Waals surface area contributed by atoms with Gasteiger partial charge in [0.05, 0.1) is 6.10 Å². The van der Waals surface area contributed by atoms with Gasteiger partial charge in [-0.05, 0) is 56.6 Å². The predicted octanol–water partition coefficient (Wildman–Crippen LogP) is 1.90. The number of alkyl halides is 1. The molecular weight excluding hydrogens is 363 g/mol. The highest BCUT2D eigenvalue weighted by molar-refractivity contribution is 6.01. The fraction of sp³-hybridized carbons (Fsp3) is 0.727. The van der Waals surface area contributed by atoms with Crippen LogP contribution in [-0.4, -0.2) is 50.9 Å². The van der Waals surface area contributed by atoms with Crippen LogP contribution in [0.4, 0.5) is 4.39 Å². The van der Waals surface area contributed by atoms with Crippen LogP contribution in [0.15, 0.2) is 23.8 Å². The van der Waals surface area contributed by atoms with Crippen LogP contribution < -0.4 is 0 Å². The molecule has 8 atom stereocenters. The quantitative estimate of drug-likeness (QED) is 0.667. The highest BCUT2D eigenvalue weighted by Gasteiger charge is 2.74. The number of fused-ring (bicyclic) bond motifs is 5. The summed E-state index contributed by atoms with van der Waals surface area (Å²) in [7, 11) is 0. The smallest absolute Gasteiger partial charge is 0.190 e. The number of Topliss-reactive ketones (excluding diaryl/α,β-unsaturated/α-hetero) is 1. The summed E-state index contributed by atoms with van der Waals surface area (Å²) in [4.78, 5) is 24.3. The third kappa shape index (κ3) is 2.06. The number of carbonyl (C=O) groups is 2. The first-order valence-electron chi connectivity index (χ1n) is 10.1. The van der Waals surface area contributed by atoms with Gasteiger partial charge in [-0.3, -0.25) is 9.59 Å². The van der Waals surface area contributed by atoms with E-state index in [2.05, 4.69) is 0 Å². The second-order valence-corrected chi connectivity index (χ2v) is 9.77. The van der Waals surface area contributed by atoms with Crippen molar-refractivity contribution in [1.29, 1.82) is 0 Å². The van der Waals surface area contributed by atoms with Gasteiger partial charge >= 0.3 is 0 Å². The monoisotopic (exact) mass is 392 g/mol. The molecule has 3 unspecified atom stereocenters. The Morgan fingerprint density at radius 2 is 2.00 bits per heavy atom. The zero-order valence-electron chi connectivity index (χ0n) is 16.6. The highest BCUT2D eigenvalue weighted by atomic mass is 19.1. The summed E-state index contributed by atoms with van der Waals surface area (Å²) in [6, 6.07) is 0. The average Bonchev–Trinajstić information content (AvgIpc) is 2.91. The van der Waals surface area contributed by atoms with Crippen molar-refractivity contribution < 1.29 is 29.3 Å². The van der Waals surface area contributed by atoms with E-state index in [9.17, 15) is 24.9 Å². The Morgan fingerprint density at radius 1 is 1.32 bits per heavy atom. The number of halogens is 1. The third-order valence-electron chi connectivity index (χ3n) is 8.73. The Hall–Kier alpha value is -1.37. The summed E-state index contributed by atoms with van der Waals surface area (Å²) in [5, 5.41) is 31.7. The van der Waals surface area contributed by atoms with E-state index in [-0.39, 0.29) is 30.5 Å². The molecule has 154 valence electrons. The lowest BCUT2D eigenvalue weighted by Crippen LogP contribution is -2.69. The van der Waals surface area contributed by atoms with Crippen LogP contribution in [0.2, 0.25) is 0 Å². The van der Waals surface area contributed by atoms with Crippen LogP contribution in [-0.2, 0) is 9.59 Å². The number of rotatable bonds is 2. The van der Waals surface area contributed by atoms with E-state index in [1.807, 2.05) is 6.92 Å². The van der Waals surface area contributed by atoms with Gasteiger partial charge in [0.25, 0.3) is 0 Å². The molecule has 0 heterocycles. The highest BCUT2D eigenvalue weighted by Crippen LogP contribution is 2.70. The fourth-order valence-electron chi connectivity index (χ4n) is 7.19. The van der Waals surface area contributed by atoms with E-state index in [1.54, 1.807) is 19.9 Å². The van der Waals surface area contributed by atoms with Gasteiger partial charge in [0.1, 0.15) is 12.2 Å². The van der Waals surface area contributed by atoms with Crippen LogP contribution in [0.25, 0.3) is 0 Å². The Bertz CT molecular complexity index is 805. The standard InChI is InChI=1S/C22H29FO5/c1-12-8-16-14-5-7-21(28,18(27)11-24)20(14,3)10-17(26)22(16,23)19(2)6-4-13(25)9-15(12)19/h4,6,9,12,14,16-17,24,26,28H,5,7-8,10-11H2,1-3H3/t12-,14?,16?,17-,19-,20-,21-,22?/m0/s1. The number of aliphatic hydroxyl groups excluding tert-OH is 2.